The van der Waals surface area contributed by atoms with Crippen molar-refractivity contribution in [2.45, 2.75) is 32.2 Å². The van der Waals surface area contributed by atoms with E-state index >= 15 is 0 Å². The highest BCUT2D eigenvalue weighted by molar-refractivity contribution is 5.77. The van der Waals surface area contributed by atoms with Crippen LogP contribution in [-0.4, -0.2) is 11.9 Å². The van der Waals surface area contributed by atoms with Crippen LogP contribution < -0.4 is 11.5 Å². The molecule has 0 amide bonds. The molecule has 82 valence electrons. The van der Waals surface area contributed by atoms with Gasteiger partial charge in [-0.1, -0.05) is 24.3 Å². The Morgan fingerprint density at radius 1 is 1.27 bits per heavy atom. The molecular weight excluding hydrogens is 186 g/mol. The van der Waals surface area contributed by atoms with Crippen molar-refractivity contribution >= 4 is 5.84 Å². The molecule has 0 bridgehead atoms. The SMILES string of the molecule is CC(N)Cc1ccc(CCC(=N)N)cc1. The van der Waals surface area contributed by atoms with Crippen LogP contribution >= 0.6 is 0 Å². The predicted octanol–water partition coefficient (Wildman–Crippen LogP) is 1.44. The third-order valence-electron chi connectivity index (χ3n) is 2.26. The Balaban J connectivity index is 2.52. The minimum atomic E-state index is 0.202. The second-order valence-electron chi connectivity index (χ2n) is 4.02. The van der Waals surface area contributed by atoms with E-state index in [1.807, 2.05) is 6.92 Å². The van der Waals surface area contributed by atoms with E-state index in [-0.39, 0.29) is 11.9 Å². The first-order chi connectivity index (χ1) is 7.08. The molecule has 0 spiro atoms. The molecular formula is C12H19N3. The van der Waals surface area contributed by atoms with Crippen LogP contribution in [0.3, 0.4) is 0 Å². The minimum absolute atomic E-state index is 0.202. The maximum atomic E-state index is 7.14. The van der Waals surface area contributed by atoms with Gasteiger partial charge in [-0.15, -0.1) is 0 Å². The fourth-order valence-electron chi connectivity index (χ4n) is 1.49. The van der Waals surface area contributed by atoms with Crippen LogP contribution in [0.25, 0.3) is 0 Å². The molecule has 3 nitrogen and oxygen atoms in total. The lowest BCUT2D eigenvalue weighted by molar-refractivity contribution is 0.738. The molecule has 1 unspecified atom stereocenters. The van der Waals surface area contributed by atoms with Gasteiger partial charge in [0, 0.05) is 12.5 Å². The van der Waals surface area contributed by atoms with E-state index in [0.717, 1.165) is 12.8 Å². The summed E-state index contributed by atoms with van der Waals surface area (Å²) in [6, 6.07) is 8.56. The number of hydrogen-bond donors (Lipinski definition) is 3. The third-order valence-corrected chi connectivity index (χ3v) is 2.26. The van der Waals surface area contributed by atoms with Crippen LogP contribution in [-0.2, 0) is 12.8 Å². The first kappa shape index (κ1) is 11.7. The number of aryl methyl sites for hydroxylation is 1. The molecule has 3 heteroatoms. The number of amidine groups is 1. The minimum Gasteiger partial charge on any atom is -0.388 e. The van der Waals surface area contributed by atoms with Gasteiger partial charge in [-0.2, -0.15) is 0 Å². The monoisotopic (exact) mass is 205 g/mol. The largest absolute Gasteiger partial charge is 0.388 e. The van der Waals surface area contributed by atoms with E-state index in [0.29, 0.717) is 6.42 Å². The quantitative estimate of drug-likeness (QED) is 0.502. The smallest absolute Gasteiger partial charge is 0.0908 e. The normalized spacial score (nSPS) is 12.4. The summed E-state index contributed by atoms with van der Waals surface area (Å²) < 4.78 is 0. The van der Waals surface area contributed by atoms with Crippen molar-refractivity contribution in [2.75, 3.05) is 0 Å². The highest BCUT2D eigenvalue weighted by Crippen LogP contribution is 2.08. The molecule has 0 aliphatic heterocycles. The molecule has 0 aliphatic rings. The maximum Gasteiger partial charge on any atom is 0.0908 e. The second-order valence-corrected chi connectivity index (χ2v) is 4.02. The summed E-state index contributed by atoms with van der Waals surface area (Å²) in [7, 11) is 0. The molecule has 0 saturated heterocycles. The van der Waals surface area contributed by atoms with Gasteiger partial charge in [-0.05, 0) is 30.9 Å². The van der Waals surface area contributed by atoms with Crippen LogP contribution in [0.2, 0.25) is 0 Å². The molecule has 0 saturated carbocycles. The highest BCUT2D eigenvalue weighted by Gasteiger charge is 1.99. The molecule has 5 N–H and O–H groups in total. The van der Waals surface area contributed by atoms with Gasteiger partial charge in [0.2, 0.25) is 0 Å². The standard InChI is InChI=1S/C12H19N3/c1-9(13)8-11-4-2-10(3-5-11)6-7-12(14)15/h2-5,9H,6-8,13H2,1H3,(H3,14,15). The molecule has 1 aromatic rings. The van der Waals surface area contributed by atoms with E-state index in [1.165, 1.54) is 11.1 Å². The summed E-state index contributed by atoms with van der Waals surface area (Å²) >= 11 is 0. The van der Waals surface area contributed by atoms with Crippen molar-refractivity contribution in [3.8, 4) is 0 Å². The molecule has 0 aromatic heterocycles. The summed E-state index contributed by atoms with van der Waals surface area (Å²) in [5, 5.41) is 7.14. The zero-order valence-electron chi connectivity index (χ0n) is 9.16. The Morgan fingerprint density at radius 3 is 2.27 bits per heavy atom. The molecule has 1 atom stereocenters. The molecule has 0 fully saturated rings. The summed E-state index contributed by atoms with van der Waals surface area (Å²) in [5.41, 5.74) is 13.5. The molecule has 1 aromatic carbocycles. The Hall–Kier alpha value is -1.35. The Kier molecular flexibility index (Phi) is 4.31. The Bertz CT molecular complexity index is 314. The number of benzene rings is 1. The molecule has 0 heterocycles. The van der Waals surface area contributed by atoms with E-state index < -0.39 is 0 Å². The van der Waals surface area contributed by atoms with Gasteiger partial charge in [0.1, 0.15) is 0 Å². The Morgan fingerprint density at radius 2 is 1.80 bits per heavy atom. The first-order valence-corrected chi connectivity index (χ1v) is 5.24. The van der Waals surface area contributed by atoms with Crippen LogP contribution in [0.5, 0.6) is 0 Å². The van der Waals surface area contributed by atoms with Gasteiger partial charge in [0.15, 0.2) is 0 Å². The van der Waals surface area contributed by atoms with E-state index in [4.69, 9.17) is 16.9 Å². The highest BCUT2D eigenvalue weighted by atomic mass is 14.7. The van der Waals surface area contributed by atoms with Gasteiger partial charge in [0.25, 0.3) is 0 Å². The van der Waals surface area contributed by atoms with Crippen LogP contribution in [0.1, 0.15) is 24.5 Å². The van der Waals surface area contributed by atoms with Gasteiger partial charge in [-0.3, -0.25) is 5.41 Å². The summed E-state index contributed by atoms with van der Waals surface area (Å²) in [6.45, 7) is 2.00. The van der Waals surface area contributed by atoms with Crippen molar-refractivity contribution in [3.63, 3.8) is 0 Å². The topological polar surface area (TPSA) is 75.9 Å². The van der Waals surface area contributed by atoms with Crippen molar-refractivity contribution in [3.05, 3.63) is 35.4 Å². The number of hydrogen-bond acceptors (Lipinski definition) is 2. The van der Waals surface area contributed by atoms with E-state index in [2.05, 4.69) is 24.3 Å². The van der Waals surface area contributed by atoms with Crippen molar-refractivity contribution in [1.82, 2.24) is 0 Å². The summed E-state index contributed by atoms with van der Waals surface area (Å²) in [6.07, 6.45) is 2.38. The fraction of sp³-hybridized carbons (Fsp3) is 0.417. The van der Waals surface area contributed by atoms with Crippen LogP contribution in [0.4, 0.5) is 0 Å². The van der Waals surface area contributed by atoms with E-state index in [1.54, 1.807) is 0 Å². The van der Waals surface area contributed by atoms with Gasteiger partial charge < -0.3 is 11.5 Å². The summed E-state index contributed by atoms with van der Waals surface area (Å²) in [4.78, 5) is 0. The zero-order chi connectivity index (χ0) is 11.3. The van der Waals surface area contributed by atoms with Crippen molar-refractivity contribution in [2.24, 2.45) is 11.5 Å². The fourth-order valence-corrected chi connectivity index (χ4v) is 1.49. The molecule has 0 radical (unpaired) electrons. The average molecular weight is 205 g/mol. The van der Waals surface area contributed by atoms with Crippen molar-refractivity contribution < 1.29 is 0 Å². The molecule has 15 heavy (non-hydrogen) atoms. The lowest BCUT2D eigenvalue weighted by atomic mass is 10.0. The third kappa shape index (κ3) is 4.61. The van der Waals surface area contributed by atoms with Crippen molar-refractivity contribution in [1.29, 1.82) is 5.41 Å². The van der Waals surface area contributed by atoms with E-state index in [9.17, 15) is 0 Å². The van der Waals surface area contributed by atoms with Crippen LogP contribution in [0, 0.1) is 5.41 Å². The summed E-state index contributed by atoms with van der Waals surface area (Å²) in [5.74, 6) is 0.245. The number of nitrogens with two attached hydrogens (primary N) is 2. The average Bonchev–Trinajstić information content (AvgIpc) is 2.16. The van der Waals surface area contributed by atoms with Crippen LogP contribution in [0.15, 0.2) is 24.3 Å². The number of rotatable bonds is 5. The van der Waals surface area contributed by atoms with Gasteiger partial charge in [-0.25, -0.2) is 0 Å². The van der Waals surface area contributed by atoms with Gasteiger partial charge in [0.05, 0.1) is 5.84 Å². The first-order valence-electron chi connectivity index (χ1n) is 5.24. The zero-order valence-corrected chi connectivity index (χ0v) is 9.16. The lowest BCUT2D eigenvalue weighted by Crippen LogP contribution is -2.17. The number of nitrogens with one attached hydrogen (secondary N) is 1. The molecule has 1 rings (SSSR count). The Labute approximate surface area is 91.0 Å². The lowest BCUT2D eigenvalue weighted by Gasteiger charge is -2.06. The second kappa shape index (κ2) is 5.51. The maximum absolute atomic E-state index is 7.14. The predicted molar refractivity (Wildman–Crippen MR) is 64.0 cm³/mol. The van der Waals surface area contributed by atoms with Gasteiger partial charge >= 0.3 is 0 Å². The molecule has 0 aliphatic carbocycles.